The number of nitrogen functional groups attached to an aromatic ring is 2. The highest BCUT2D eigenvalue weighted by Crippen LogP contribution is 2.22. The summed E-state index contributed by atoms with van der Waals surface area (Å²) in [5, 5.41) is 13.3. The molecule has 3 rings (SSSR count). The van der Waals surface area contributed by atoms with E-state index in [1.807, 2.05) is 24.3 Å². The zero-order chi connectivity index (χ0) is 33.6. The smallest absolute Gasteiger partial charge is 0.280 e. The van der Waals surface area contributed by atoms with E-state index in [0.717, 1.165) is 48.8 Å². The molecule has 0 fully saturated rings. The highest BCUT2D eigenvalue weighted by molar-refractivity contribution is 6.06. The lowest BCUT2D eigenvalue weighted by Crippen LogP contribution is -2.45. The van der Waals surface area contributed by atoms with Gasteiger partial charge in [-0.25, -0.2) is 9.97 Å². The summed E-state index contributed by atoms with van der Waals surface area (Å²) < 4.78 is 0. The van der Waals surface area contributed by atoms with Crippen LogP contribution in [0.2, 0.25) is 0 Å². The quantitative estimate of drug-likeness (QED) is 0.0698. The standard InChI is InChI=1S/C33H46N10O3/c1-21-29(35)41-30(36)28(40-21)32(46)42-33(38)39-20-6-4-7-22-9-14-24(15-10-22)25-16-11-23(12-17-25)13-18-27(44)43(2)26(31(37)45)8-3-5-19-34/h9-12,14-17,26H,3-8,13,18-20,34H2,1-2H3,(H2,37,45)(H4,35,36,41)(H3,38,39,42,46)/t26-/m0/s1. The van der Waals surface area contributed by atoms with E-state index in [2.05, 4.69) is 44.9 Å². The number of anilines is 2. The second-order valence-corrected chi connectivity index (χ2v) is 11.2. The van der Waals surface area contributed by atoms with E-state index in [9.17, 15) is 14.4 Å². The summed E-state index contributed by atoms with van der Waals surface area (Å²) in [6, 6.07) is 15.9. The summed E-state index contributed by atoms with van der Waals surface area (Å²) in [7, 11) is 1.64. The maximum absolute atomic E-state index is 12.7. The van der Waals surface area contributed by atoms with E-state index in [1.165, 1.54) is 10.5 Å². The monoisotopic (exact) mass is 630 g/mol. The lowest BCUT2D eigenvalue weighted by molar-refractivity contribution is -0.138. The van der Waals surface area contributed by atoms with Crippen LogP contribution in [-0.2, 0) is 22.4 Å². The first-order valence-corrected chi connectivity index (χ1v) is 15.5. The van der Waals surface area contributed by atoms with Crippen LogP contribution < -0.4 is 33.6 Å². The fourth-order valence-electron chi connectivity index (χ4n) is 4.94. The molecule has 0 radical (unpaired) electrons. The molecule has 0 bridgehead atoms. The molecule has 13 nitrogen and oxygen atoms in total. The molecule has 246 valence electrons. The van der Waals surface area contributed by atoms with E-state index in [4.69, 9.17) is 28.3 Å². The Hall–Kier alpha value is -5.04. The molecule has 1 atom stereocenters. The Bertz CT molecular complexity index is 1490. The van der Waals surface area contributed by atoms with Gasteiger partial charge in [-0.2, -0.15) is 0 Å². The van der Waals surface area contributed by atoms with E-state index >= 15 is 0 Å². The van der Waals surface area contributed by atoms with Gasteiger partial charge in [-0.05, 0) is 80.7 Å². The SMILES string of the molecule is Cc1nc(C(=O)NC(=N)NCCCCc2ccc(-c3ccc(CCC(=O)N(C)[C@@H](CCCCN)C(N)=O)cc3)cc2)c(N)nc1N. The minimum absolute atomic E-state index is 0.0704. The fraction of sp³-hybridized carbons (Fsp3) is 0.394. The van der Waals surface area contributed by atoms with Gasteiger partial charge in [0.05, 0.1) is 5.69 Å². The Labute approximate surface area is 270 Å². The van der Waals surface area contributed by atoms with Gasteiger partial charge < -0.3 is 33.2 Å². The molecular weight excluding hydrogens is 584 g/mol. The minimum Gasteiger partial charge on any atom is -0.382 e. The Morgan fingerprint density at radius 1 is 0.870 bits per heavy atom. The molecule has 0 aliphatic heterocycles. The topological polar surface area (TPSA) is 232 Å². The number of nitrogens with one attached hydrogen (secondary N) is 3. The number of primary amides is 1. The average Bonchev–Trinajstić information content (AvgIpc) is 3.03. The Morgan fingerprint density at radius 2 is 1.48 bits per heavy atom. The molecule has 46 heavy (non-hydrogen) atoms. The third kappa shape index (κ3) is 10.5. The van der Waals surface area contributed by atoms with Crippen LogP contribution in [0.1, 0.15) is 65.8 Å². The third-order valence-corrected chi connectivity index (χ3v) is 7.77. The molecule has 13 heteroatoms. The lowest BCUT2D eigenvalue weighted by Gasteiger charge is -2.25. The molecule has 0 aliphatic rings. The van der Waals surface area contributed by atoms with Crippen LogP contribution in [0.3, 0.4) is 0 Å². The number of hydrogen-bond acceptors (Lipinski definition) is 9. The molecule has 3 aromatic rings. The molecule has 3 amide bonds. The molecule has 1 heterocycles. The number of nitrogens with zero attached hydrogens (tertiary/aromatic N) is 3. The van der Waals surface area contributed by atoms with Crippen molar-refractivity contribution < 1.29 is 14.4 Å². The maximum Gasteiger partial charge on any atom is 0.280 e. The molecule has 2 aromatic carbocycles. The molecule has 0 saturated carbocycles. The molecule has 1 aromatic heterocycles. The molecule has 0 unspecified atom stereocenters. The second kappa shape index (κ2) is 17.4. The van der Waals surface area contributed by atoms with E-state index in [-0.39, 0.29) is 29.2 Å². The predicted octanol–water partition coefficient (Wildman–Crippen LogP) is 2.27. The van der Waals surface area contributed by atoms with Crippen molar-refractivity contribution in [2.75, 3.05) is 31.6 Å². The number of aryl methyl sites for hydroxylation is 3. The van der Waals surface area contributed by atoms with E-state index in [1.54, 1.807) is 14.0 Å². The Balaban J connectivity index is 1.39. The summed E-state index contributed by atoms with van der Waals surface area (Å²) in [5.74, 6) is -1.29. The number of nitrogens with two attached hydrogens (primary N) is 4. The molecule has 11 N–H and O–H groups in total. The normalized spacial score (nSPS) is 11.5. The average molecular weight is 631 g/mol. The first kappa shape index (κ1) is 35.4. The van der Waals surface area contributed by atoms with Gasteiger partial charge in [0, 0.05) is 20.0 Å². The van der Waals surface area contributed by atoms with Gasteiger partial charge in [0.2, 0.25) is 11.8 Å². The van der Waals surface area contributed by atoms with Crippen LogP contribution in [-0.4, -0.2) is 64.7 Å². The van der Waals surface area contributed by atoms with Crippen LogP contribution in [0, 0.1) is 12.3 Å². The number of benzene rings is 2. The molecule has 0 spiro atoms. The fourth-order valence-corrected chi connectivity index (χ4v) is 4.94. The van der Waals surface area contributed by atoms with Crippen molar-refractivity contribution in [1.29, 1.82) is 5.41 Å². The van der Waals surface area contributed by atoms with Gasteiger partial charge in [0.15, 0.2) is 17.5 Å². The van der Waals surface area contributed by atoms with Gasteiger partial charge in [-0.1, -0.05) is 48.5 Å². The third-order valence-electron chi connectivity index (χ3n) is 7.77. The van der Waals surface area contributed by atoms with Crippen molar-refractivity contribution in [2.24, 2.45) is 11.5 Å². The summed E-state index contributed by atoms with van der Waals surface area (Å²) in [4.78, 5) is 46.4. The Morgan fingerprint density at radius 3 is 2.07 bits per heavy atom. The van der Waals surface area contributed by atoms with E-state index in [0.29, 0.717) is 38.0 Å². The number of carbonyl (C=O) groups is 3. The van der Waals surface area contributed by atoms with Crippen molar-refractivity contribution in [3.05, 3.63) is 71.0 Å². The molecule has 0 aliphatic carbocycles. The zero-order valence-electron chi connectivity index (χ0n) is 26.6. The second-order valence-electron chi connectivity index (χ2n) is 11.2. The van der Waals surface area contributed by atoms with Crippen LogP contribution in [0.25, 0.3) is 11.1 Å². The van der Waals surface area contributed by atoms with Gasteiger partial charge in [0.25, 0.3) is 5.91 Å². The minimum atomic E-state index is -0.622. The number of hydrogen-bond donors (Lipinski definition) is 7. The first-order valence-electron chi connectivity index (χ1n) is 15.5. The van der Waals surface area contributed by atoms with Gasteiger partial charge in [-0.3, -0.25) is 25.1 Å². The van der Waals surface area contributed by atoms with Gasteiger partial charge in [-0.15, -0.1) is 0 Å². The lowest BCUT2D eigenvalue weighted by atomic mass is 9.99. The van der Waals surface area contributed by atoms with E-state index < -0.39 is 17.9 Å². The van der Waals surface area contributed by atoms with Crippen LogP contribution in [0.15, 0.2) is 48.5 Å². The number of carbonyl (C=O) groups excluding carboxylic acids is 3. The van der Waals surface area contributed by atoms with Crippen LogP contribution >= 0.6 is 0 Å². The maximum atomic E-state index is 12.7. The number of rotatable bonds is 16. The summed E-state index contributed by atoms with van der Waals surface area (Å²) in [6.45, 7) is 2.69. The van der Waals surface area contributed by atoms with Crippen LogP contribution in [0.4, 0.5) is 11.6 Å². The first-order chi connectivity index (χ1) is 22.0. The van der Waals surface area contributed by atoms with Crippen LogP contribution in [0.5, 0.6) is 0 Å². The number of amides is 3. The van der Waals surface area contributed by atoms with Crippen molar-refractivity contribution in [3.63, 3.8) is 0 Å². The highest BCUT2D eigenvalue weighted by atomic mass is 16.2. The van der Waals surface area contributed by atoms with Crippen molar-refractivity contribution in [2.45, 2.75) is 64.3 Å². The summed E-state index contributed by atoms with van der Waals surface area (Å²) >= 11 is 0. The van der Waals surface area contributed by atoms with Gasteiger partial charge >= 0.3 is 0 Å². The summed E-state index contributed by atoms with van der Waals surface area (Å²) in [6.07, 6.45) is 5.51. The predicted molar refractivity (Wildman–Crippen MR) is 181 cm³/mol. The van der Waals surface area contributed by atoms with Crippen molar-refractivity contribution in [3.8, 4) is 11.1 Å². The van der Waals surface area contributed by atoms with Crippen molar-refractivity contribution >= 4 is 35.3 Å². The van der Waals surface area contributed by atoms with Gasteiger partial charge in [0.1, 0.15) is 11.9 Å². The number of unbranched alkanes of at least 4 members (excludes halogenated alkanes) is 2. The molecular formula is C33H46N10O3. The highest BCUT2D eigenvalue weighted by Gasteiger charge is 2.24. The number of aromatic nitrogens is 2. The molecule has 0 saturated heterocycles. The Kier molecular flexibility index (Phi) is 13.4. The number of likely N-dealkylation sites (N-methyl/N-ethyl adjacent to an activating group) is 1. The largest absolute Gasteiger partial charge is 0.382 e. The van der Waals surface area contributed by atoms with Crippen molar-refractivity contribution in [1.82, 2.24) is 25.5 Å². The zero-order valence-corrected chi connectivity index (χ0v) is 26.6. The number of guanidine groups is 1. The summed E-state index contributed by atoms with van der Waals surface area (Å²) in [5.41, 5.74) is 27.2.